The molecule has 1 fully saturated rings. The average molecular weight is 538 g/mol. The van der Waals surface area contributed by atoms with Crippen LogP contribution in [0, 0.1) is 19.3 Å². The summed E-state index contributed by atoms with van der Waals surface area (Å²) in [6.07, 6.45) is 16.1. The Morgan fingerprint density at radius 1 is 1.05 bits per heavy atom. The monoisotopic (exact) mass is 537 g/mol. The van der Waals surface area contributed by atoms with Crippen LogP contribution in [0.2, 0.25) is 0 Å². The first kappa shape index (κ1) is 36.1. The van der Waals surface area contributed by atoms with E-state index in [0.717, 1.165) is 70.3 Å². The second kappa shape index (κ2) is 23.0. The molecule has 0 spiro atoms. The molecule has 0 unspecified atom stereocenters. The fourth-order valence-corrected chi connectivity index (χ4v) is 4.12. The molecule has 2 aromatic heterocycles. The predicted octanol–water partition coefficient (Wildman–Crippen LogP) is 6.06. The molecule has 0 aliphatic carbocycles. The number of hydrogen-bond donors (Lipinski definition) is 1. The Labute approximate surface area is 239 Å². The number of anilines is 1. The Hall–Kier alpha value is -2.91. The van der Waals surface area contributed by atoms with Gasteiger partial charge in [0, 0.05) is 76.4 Å². The fraction of sp³-hybridized carbons (Fsp3) is 0.606. The number of pyridine rings is 2. The maximum Gasteiger partial charge on any atom is 0.129 e. The van der Waals surface area contributed by atoms with Gasteiger partial charge >= 0.3 is 0 Å². The van der Waals surface area contributed by atoms with E-state index < -0.39 is 0 Å². The van der Waals surface area contributed by atoms with Crippen LogP contribution in [0.15, 0.2) is 35.6 Å². The van der Waals surface area contributed by atoms with Crippen molar-refractivity contribution in [1.82, 2.24) is 14.9 Å². The highest BCUT2D eigenvalue weighted by Crippen LogP contribution is 2.24. The van der Waals surface area contributed by atoms with E-state index in [1.807, 2.05) is 27.1 Å². The summed E-state index contributed by atoms with van der Waals surface area (Å²) in [5.74, 6) is 2.72. The van der Waals surface area contributed by atoms with E-state index in [1.54, 1.807) is 6.92 Å². The van der Waals surface area contributed by atoms with Gasteiger partial charge in [0.1, 0.15) is 11.3 Å². The summed E-state index contributed by atoms with van der Waals surface area (Å²) >= 11 is 0. The summed E-state index contributed by atoms with van der Waals surface area (Å²) in [4.78, 5) is 21.3. The van der Waals surface area contributed by atoms with Gasteiger partial charge in [0.15, 0.2) is 0 Å². The fourth-order valence-electron chi connectivity index (χ4n) is 4.12. The smallest absolute Gasteiger partial charge is 0.129 e. The lowest BCUT2D eigenvalue weighted by atomic mass is 10.1. The largest absolute Gasteiger partial charge is 0.369 e. The number of terminal acetylenes is 1. The molecule has 2 aromatic rings. The van der Waals surface area contributed by atoms with E-state index in [-0.39, 0.29) is 5.78 Å². The first-order chi connectivity index (χ1) is 18.8. The van der Waals surface area contributed by atoms with Crippen molar-refractivity contribution in [3.63, 3.8) is 0 Å². The van der Waals surface area contributed by atoms with Crippen molar-refractivity contribution in [3.05, 3.63) is 52.9 Å². The molecule has 0 radical (unpaired) electrons. The Bertz CT molecular complexity index is 1030. The van der Waals surface area contributed by atoms with Gasteiger partial charge in [-0.3, -0.25) is 9.98 Å². The first-order valence-electron chi connectivity index (χ1n) is 14.8. The number of hydrogen-bond acceptors (Lipinski definition) is 5. The van der Waals surface area contributed by atoms with Crippen LogP contribution >= 0.6 is 0 Å². The third kappa shape index (κ3) is 15.9. The Morgan fingerprint density at radius 2 is 1.69 bits per heavy atom. The van der Waals surface area contributed by atoms with Gasteiger partial charge in [0.25, 0.3) is 0 Å². The molecule has 3 heterocycles. The molecule has 3 rings (SSSR count). The normalized spacial score (nSPS) is 12.6. The second-order valence-electron chi connectivity index (χ2n) is 9.62. The first-order valence-corrected chi connectivity index (χ1v) is 14.8. The van der Waals surface area contributed by atoms with Crippen LogP contribution < -0.4 is 15.7 Å². The summed E-state index contributed by atoms with van der Waals surface area (Å²) in [5, 5.41) is 3.39. The number of aryl methyl sites for hydroxylation is 3. The maximum atomic E-state index is 10.0. The molecule has 6 nitrogen and oxygen atoms in total. The quantitative estimate of drug-likeness (QED) is 0.416. The number of ketones is 1. The molecular formula is C33H55N5O. The highest BCUT2D eigenvalue weighted by Gasteiger charge is 2.15. The van der Waals surface area contributed by atoms with E-state index in [0.29, 0.717) is 0 Å². The van der Waals surface area contributed by atoms with Crippen LogP contribution in [0.4, 0.5) is 5.69 Å². The zero-order valence-corrected chi connectivity index (χ0v) is 26.1. The van der Waals surface area contributed by atoms with E-state index in [1.165, 1.54) is 35.3 Å². The van der Waals surface area contributed by atoms with Crippen LogP contribution in [0.5, 0.6) is 0 Å². The van der Waals surface area contributed by atoms with Gasteiger partial charge < -0.3 is 19.6 Å². The standard InChI is InChI=1S/C13H21N3.C11H18N2.C5H10O.C4H6/c1-3-4-12-11(2)15-6-5-13(12)16-9-7-14-8-10-16;1-4-6-10-7-8-11(12-5-2)13(3)9-10;1-3-4-5(2)6;1-3-4-2/h5-6,14H,3-4,7-10H2,1-2H3;7-9H,4-6H2,1-3H3;3-4H2,1-2H3;1H,4H2,2H3. The highest BCUT2D eigenvalue weighted by molar-refractivity contribution is 5.75. The summed E-state index contributed by atoms with van der Waals surface area (Å²) in [5.41, 5.74) is 6.48. The number of nitrogens with zero attached hydrogens (tertiary/aromatic N) is 4. The third-order valence-corrected chi connectivity index (χ3v) is 6.04. The highest BCUT2D eigenvalue weighted by atomic mass is 16.1. The average Bonchev–Trinajstić information content (AvgIpc) is 2.93. The van der Waals surface area contributed by atoms with Gasteiger partial charge in [-0.05, 0) is 63.3 Å². The van der Waals surface area contributed by atoms with Gasteiger partial charge in [-0.1, -0.05) is 46.6 Å². The van der Waals surface area contributed by atoms with Crippen LogP contribution in [-0.4, -0.2) is 48.1 Å². The molecule has 0 bridgehead atoms. The van der Waals surface area contributed by atoms with Crippen molar-refractivity contribution in [2.75, 3.05) is 37.6 Å². The van der Waals surface area contributed by atoms with E-state index >= 15 is 0 Å². The van der Waals surface area contributed by atoms with Crippen molar-refractivity contribution in [3.8, 4) is 12.3 Å². The van der Waals surface area contributed by atoms with Crippen LogP contribution in [0.25, 0.3) is 0 Å². The SMILES string of the molecule is C#CCC.CCCC(C)=O.CCCc1c(N2CCNCC2)ccnc1C.CCCc1ccc(=NCC)n(C)c1. The van der Waals surface area contributed by atoms with Crippen molar-refractivity contribution in [1.29, 1.82) is 0 Å². The van der Waals surface area contributed by atoms with Gasteiger partial charge in [-0.2, -0.15) is 0 Å². The topological polar surface area (TPSA) is 62.5 Å². The van der Waals surface area contributed by atoms with Crippen LogP contribution in [0.1, 0.15) is 90.5 Å². The van der Waals surface area contributed by atoms with E-state index in [2.05, 4.69) is 82.8 Å². The number of aromatic nitrogens is 2. The lowest BCUT2D eigenvalue weighted by Crippen LogP contribution is -2.44. The van der Waals surface area contributed by atoms with Crippen molar-refractivity contribution in [2.24, 2.45) is 12.0 Å². The molecular weight excluding hydrogens is 482 g/mol. The number of carbonyl (C=O) groups excluding carboxylic acids is 1. The second-order valence-corrected chi connectivity index (χ2v) is 9.62. The Balaban J connectivity index is 0.000000561. The predicted molar refractivity (Wildman–Crippen MR) is 168 cm³/mol. The lowest BCUT2D eigenvalue weighted by molar-refractivity contribution is -0.117. The number of Topliss-reactive ketones (excluding diaryl/α,β-unsaturated/α-hetero) is 1. The summed E-state index contributed by atoms with van der Waals surface area (Å²) < 4.78 is 2.09. The molecule has 39 heavy (non-hydrogen) atoms. The summed E-state index contributed by atoms with van der Waals surface area (Å²) in [7, 11) is 2.05. The summed E-state index contributed by atoms with van der Waals surface area (Å²) in [6.45, 7) is 19.4. The van der Waals surface area contributed by atoms with Gasteiger partial charge in [-0.15, -0.1) is 12.3 Å². The molecule has 0 amide bonds. The molecule has 6 heteroatoms. The molecule has 1 saturated heterocycles. The molecule has 0 aromatic carbocycles. The number of piperazine rings is 1. The minimum Gasteiger partial charge on any atom is -0.369 e. The zero-order valence-electron chi connectivity index (χ0n) is 26.1. The zero-order chi connectivity index (χ0) is 29.5. The Kier molecular flexibility index (Phi) is 21.3. The summed E-state index contributed by atoms with van der Waals surface area (Å²) in [6, 6.07) is 6.43. The van der Waals surface area contributed by atoms with Gasteiger partial charge in [0.05, 0.1) is 0 Å². The molecule has 1 aliphatic rings. The minimum absolute atomic E-state index is 0.289. The molecule has 1 aliphatic heterocycles. The van der Waals surface area contributed by atoms with Crippen LogP contribution in [-0.2, 0) is 24.7 Å². The lowest BCUT2D eigenvalue weighted by Gasteiger charge is -2.31. The van der Waals surface area contributed by atoms with Gasteiger partial charge in [0.2, 0.25) is 0 Å². The van der Waals surface area contributed by atoms with Crippen molar-refractivity contribution in [2.45, 2.75) is 93.4 Å². The van der Waals surface area contributed by atoms with E-state index in [9.17, 15) is 4.79 Å². The minimum atomic E-state index is 0.289. The number of rotatable bonds is 8. The van der Waals surface area contributed by atoms with Crippen LogP contribution in [0.3, 0.4) is 0 Å². The number of carbonyl (C=O) groups is 1. The van der Waals surface area contributed by atoms with Gasteiger partial charge in [-0.25, -0.2) is 0 Å². The van der Waals surface area contributed by atoms with Crippen molar-refractivity contribution < 1.29 is 4.79 Å². The van der Waals surface area contributed by atoms with Crippen molar-refractivity contribution >= 4 is 11.5 Å². The molecule has 0 saturated carbocycles. The Morgan fingerprint density at radius 3 is 2.15 bits per heavy atom. The molecule has 1 N–H and O–H groups in total. The maximum absolute atomic E-state index is 10.0. The van der Waals surface area contributed by atoms with E-state index in [4.69, 9.17) is 6.42 Å². The third-order valence-electron chi connectivity index (χ3n) is 6.04. The molecule has 218 valence electrons. The number of nitrogens with one attached hydrogen (secondary N) is 1. The molecule has 0 atom stereocenters.